The van der Waals surface area contributed by atoms with E-state index in [0.29, 0.717) is 55.0 Å². The van der Waals surface area contributed by atoms with Crippen LogP contribution in [-0.4, -0.2) is 41.8 Å². The maximum Gasteiger partial charge on any atom is 0.389 e. The molecule has 0 aliphatic carbocycles. The number of alkyl halides is 3. The number of rotatable bonds is 6. The lowest BCUT2D eigenvalue weighted by Crippen LogP contribution is -2.38. The number of carbonyl (C=O) groups excluding carboxylic acids is 1. The Hall–Kier alpha value is -3.17. The number of anilines is 1. The van der Waals surface area contributed by atoms with Crippen LogP contribution in [0.4, 0.5) is 23.4 Å². The maximum absolute atomic E-state index is 14.6. The fourth-order valence-corrected chi connectivity index (χ4v) is 3.99. The molecule has 0 radical (unpaired) electrons. The fraction of sp³-hybridized carbons (Fsp3) is 0.435. The molecule has 0 saturated carbocycles. The van der Waals surface area contributed by atoms with Gasteiger partial charge in [0.15, 0.2) is 17.2 Å². The lowest BCUT2D eigenvalue weighted by Gasteiger charge is -2.32. The lowest BCUT2D eigenvalue weighted by molar-refractivity contribution is -0.148. The van der Waals surface area contributed by atoms with Gasteiger partial charge < -0.3 is 14.1 Å². The summed E-state index contributed by atoms with van der Waals surface area (Å²) in [6.07, 6.45) is -1.92. The van der Waals surface area contributed by atoms with E-state index in [0.717, 1.165) is 0 Å². The van der Waals surface area contributed by atoms with Gasteiger partial charge in [-0.2, -0.15) is 13.2 Å². The van der Waals surface area contributed by atoms with Crippen molar-refractivity contribution < 1.29 is 31.5 Å². The SMILES string of the molecule is CCOC(=O)C1CCN(c2nc(CCC(F)(F)F)cnc2-c2cc(F)c3occc3c2)CC1. The van der Waals surface area contributed by atoms with Gasteiger partial charge in [0, 0.05) is 36.7 Å². The van der Waals surface area contributed by atoms with E-state index in [-0.39, 0.29) is 29.6 Å². The Morgan fingerprint density at radius 2 is 2.03 bits per heavy atom. The van der Waals surface area contributed by atoms with Gasteiger partial charge in [0.1, 0.15) is 5.69 Å². The Balaban J connectivity index is 1.67. The van der Waals surface area contributed by atoms with E-state index in [9.17, 15) is 22.4 Å². The van der Waals surface area contributed by atoms with Crippen LogP contribution in [0, 0.1) is 11.7 Å². The number of ether oxygens (including phenoxy) is 1. The number of aromatic nitrogens is 2. The Morgan fingerprint density at radius 3 is 2.73 bits per heavy atom. The number of hydrogen-bond donors (Lipinski definition) is 0. The van der Waals surface area contributed by atoms with Crippen LogP contribution in [0.1, 0.15) is 31.9 Å². The minimum absolute atomic E-state index is 0.116. The molecule has 1 aliphatic heterocycles. The second-order valence-electron chi connectivity index (χ2n) is 7.96. The molecule has 0 atom stereocenters. The molecule has 33 heavy (non-hydrogen) atoms. The number of carbonyl (C=O) groups is 1. The Morgan fingerprint density at radius 1 is 1.27 bits per heavy atom. The molecule has 6 nitrogen and oxygen atoms in total. The second-order valence-corrected chi connectivity index (χ2v) is 7.96. The van der Waals surface area contributed by atoms with E-state index < -0.39 is 18.4 Å². The number of furan rings is 1. The third-order valence-electron chi connectivity index (χ3n) is 5.66. The van der Waals surface area contributed by atoms with E-state index in [1.807, 2.05) is 4.90 Å². The Labute approximate surface area is 187 Å². The fourth-order valence-electron chi connectivity index (χ4n) is 3.99. The summed E-state index contributed by atoms with van der Waals surface area (Å²) in [6.45, 7) is 2.95. The van der Waals surface area contributed by atoms with Crippen LogP contribution in [0.25, 0.3) is 22.2 Å². The molecule has 3 aromatic rings. The Bertz CT molecular complexity index is 1140. The third kappa shape index (κ3) is 5.26. The van der Waals surface area contributed by atoms with Crippen LogP contribution in [0.5, 0.6) is 0 Å². The highest BCUT2D eigenvalue weighted by Gasteiger charge is 2.30. The summed E-state index contributed by atoms with van der Waals surface area (Å²) in [5, 5.41) is 0.542. The summed E-state index contributed by atoms with van der Waals surface area (Å²) < 4.78 is 63.0. The average molecular weight is 465 g/mol. The number of hydrogen-bond acceptors (Lipinski definition) is 6. The standard InChI is InChI=1S/C23H23F4N3O3/c1-2-32-22(31)14-4-8-30(9-5-14)21-19(28-13-17(29-21)3-7-23(25,26)27)16-11-15-6-10-33-20(15)18(24)12-16/h6,10-14H,2-5,7-9H2,1H3. The van der Waals surface area contributed by atoms with Gasteiger partial charge in [0.2, 0.25) is 0 Å². The normalized spacial score (nSPS) is 15.2. The van der Waals surface area contributed by atoms with Gasteiger partial charge in [-0.25, -0.2) is 9.37 Å². The largest absolute Gasteiger partial charge is 0.466 e. The summed E-state index contributed by atoms with van der Waals surface area (Å²) in [6, 6.07) is 4.60. The minimum Gasteiger partial charge on any atom is -0.466 e. The van der Waals surface area contributed by atoms with Crippen molar-refractivity contribution in [3.8, 4) is 11.3 Å². The first-order valence-corrected chi connectivity index (χ1v) is 10.8. The van der Waals surface area contributed by atoms with Gasteiger partial charge in [-0.05, 0) is 44.4 Å². The molecule has 4 rings (SSSR count). The van der Waals surface area contributed by atoms with Crippen molar-refractivity contribution in [1.29, 1.82) is 0 Å². The highest BCUT2D eigenvalue weighted by Crippen LogP contribution is 2.34. The van der Waals surface area contributed by atoms with Crippen LogP contribution in [-0.2, 0) is 16.0 Å². The molecule has 0 N–H and O–H groups in total. The predicted molar refractivity (Wildman–Crippen MR) is 113 cm³/mol. The van der Waals surface area contributed by atoms with Crippen LogP contribution in [0.15, 0.2) is 35.1 Å². The van der Waals surface area contributed by atoms with E-state index in [2.05, 4.69) is 9.97 Å². The number of fused-ring (bicyclic) bond motifs is 1. The molecule has 176 valence electrons. The maximum atomic E-state index is 14.6. The van der Waals surface area contributed by atoms with Gasteiger partial charge in [-0.15, -0.1) is 0 Å². The van der Waals surface area contributed by atoms with Gasteiger partial charge in [-0.3, -0.25) is 9.78 Å². The zero-order chi connectivity index (χ0) is 23.6. The monoisotopic (exact) mass is 465 g/mol. The summed E-state index contributed by atoms with van der Waals surface area (Å²) in [4.78, 5) is 22.8. The third-order valence-corrected chi connectivity index (χ3v) is 5.66. The average Bonchev–Trinajstić information content (AvgIpc) is 3.27. The highest BCUT2D eigenvalue weighted by molar-refractivity contribution is 5.85. The van der Waals surface area contributed by atoms with Crippen molar-refractivity contribution in [3.63, 3.8) is 0 Å². The summed E-state index contributed by atoms with van der Waals surface area (Å²) in [7, 11) is 0. The van der Waals surface area contributed by atoms with Crippen molar-refractivity contribution in [2.45, 2.75) is 38.8 Å². The molecule has 10 heteroatoms. The molecule has 0 amide bonds. The van der Waals surface area contributed by atoms with Crippen molar-refractivity contribution in [2.75, 3.05) is 24.6 Å². The molecule has 1 saturated heterocycles. The first-order valence-electron chi connectivity index (χ1n) is 10.8. The molecule has 0 unspecified atom stereocenters. The number of esters is 1. The zero-order valence-electron chi connectivity index (χ0n) is 18.0. The van der Waals surface area contributed by atoms with Crippen molar-refractivity contribution in [2.24, 2.45) is 5.92 Å². The van der Waals surface area contributed by atoms with Gasteiger partial charge >= 0.3 is 12.1 Å². The topological polar surface area (TPSA) is 68.5 Å². The summed E-state index contributed by atoms with van der Waals surface area (Å²) >= 11 is 0. The highest BCUT2D eigenvalue weighted by atomic mass is 19.4. The summed E-state index contributed by atoms with van der Waals surface area (Å²) in [5.74, 6) is -0.692. The molecular formula is C23H23F4N3O3. The van der Waals surface area contributed by atoms with Gasteiger partial charge in [-0.1, -0.05) is 0 Å². The Kier molecular flexibility index (Phi) is 6.53. The number of nitrogens with zero attached hydrogens (tertiary/aromatic N) is 3. The number of benzene rings is 1. The first kappa shape index (κ1) is 23.0. The van der Waals surface area contributed by atoms with Crippen molar-refractivity contribution >= 4 is 22.8 Å². The van der Waals surface area contributed by atoms with Gasteiger partial charge in [0.25, 0.3) is 0 Å². The van der Waals surface area contributed by atoms with Crippen LogP contribution >= 0.6 is 0 Å². The van der Waals surface area contributed by atoms with Crippen molar-refractivity contribution in [3.05, 3.63) is 42.2 Å². The molecule has 0 spiro atoms. The first-order chi connectivity index (χ1) is 15.7. The zero-order valence-corrected chi connectivity index (χ0v) is 18.0. The van der Waals surface area contributed by atoms with E-state index in [1.165, 1.54) is 18.5 Å². The smallest absolute Gasteiger partial charge is 0.389 e. The number of halogens is 4. The molecule has 0 bridgehead atoms. The van der Waals surface area contributed by atoms with Crippen LogP contribution in [0.2, 0.25) is 0 Å². The van der Waals surface area contributed by atoms with Gasteiger partial charge in [0.05, 0.1) is 24.5 Å². The molecule has 2 aromatic heterocycles. The van der Waals surface area contributed by atoms with Crippen LogP contribution in [0.3, 0.4) is 0 Å². The molecule has 3 heterocycles. The van der Waals surface area contributed by atoms with E-state index in [1.54, 1.807) is 19.1 Å². The quantitative estimate of drug-likeness (QED) is 0.363. The molecular weight excluding hydrogens is 442 g/mol. The molecule has 1 fully saturated rings. The minimum atomic E-state index is -4.31. The number of aryl methyl sites for hydroxylation is 1. The molecule has 1 aliphatic rings. The second kappa shape index (κ2) is 9.36. The van der Waals surface area contributed by atoms with Crippen LogP contribution < -0.4 is 4.90 Å². The lowest BCUT2D eigenvalue weighted by atomic mass is 9.96. The van der Waals surface area contributed by atoms with E-state index >= 15 is 0 Å². The predicted octanol–water partition coefficient (Wildman–Crippen LogP) is 5.30. The van der Waals surface area contributed by atoms with Crippen molar-refractivity contribution in [1.82, 2.24) is 9.97 Å². The van der Waals surface area contributed by atoms with E-state index in [4.69, 9.17) is 9.15 Å². The summed E-state index contributed by atoms with van der Waals surface area (Å²) in [5.41, 5.74) is 1.12. The number of piperidine rings is 1. The molecule has 1 aromatic carbocycles.